The molecule has 0 aliphatic carbocycles. The van der Waals surface area contributed by atoms with Gasteiger partial charge in [0.15, 0.2) is 0 Å². The molecule has 0 saturated carbocycles. The lowest BCUT2D eigenvalue weighted by molar-refractivity contribution is -0.384. The minimum absolute atomic E-state index is 0.0268. The van der Waals surface area contributed by atoms with Crippen molar-refractivity contribution in [3.8, 4) is 0 Å². The van der Waals surface area contributed by atoms with Gasteiger partial charge < -0.3 is 10.2 Å². The van der Waals surface area contributed by atoms with Crippen molar-refractivity contribution in [3.63, 3.8) is 0 Å². The number of nitrogens with zero attached hydrogens (tertiary/aromatic N) is 2. The van der Waals surface area contributed by atoms with E-state index in [1.807, 2.05) is 35.2 Å². The number of nitrogens with one attached hydrogen (secondary N) is 1. The van der Waals surface area contributed by atoms with Gasteiger partial charge in [0.2, 0.25) is 5.91 Å². The van der Waals surface area contributed by atoms with Crippen LogP contribution < -0.4 is 10.2 Å². The standard InChI is InChI=1S/C22H27N3O3/c1-22(2,3)17-8-4-5-9-18(17)23-21(26)16-12-14-24(15-13-16)19-10-6-7-11-20(19)25(27)28/h4-11,16H,12-15H2,1-3H3,(H,23,26). The van der Waals surface area contributed by atoms with E-state index < -0.39 is 0 Å². The van der Waals surface area contributed by atoms with Gasteiger partial charge in [0.25, 0.3) is 5.69 Å². The van der Waals surface area contributed by atoms with Crippen LogP contribution in [0.5, 0.6) is 0 Å². The summed E-state index contributed by atoms with van der Waals surface area (Å²) in [7, 11) is 0. The van der Waals surface area contributed by atoms with Crippen LogP contribution in [0.25, 0.3) is 0 Å². The summed E-state index contributed by atoms with van der Waals surface area (Å²) in [5, 5.41) is 14.4. The lowest BCUT2D eigenvalue weighted by atomic mass is 9.85. The molecule has 6 nitrogen and oxygen atoms in total. The normalized spacial score (nSPS) is 15.3. The highest BCUT2D eigenvalue weighted by Gasteiger charge is 2.29. The Balaban J connectivity index is 1.66. The third kappa shape index (κ3) is 4.32. The molecule has 6 heteroatoms. The number of hydrogen-bond donors (Lipinski definition) is 1. The molecule has 2 aromatic rings. The summed E-state index contributed by atoms with van der Waals surface area (Å²) in [4.78, 5) is 25.8. The molecule has 3 rings (SSSR count). The van der Waals surface area contributed by atoms with E-state index in [1.54, 1.807) is 12.1 Å². The molecule has 0 bridgehead atoms. The largest absolute Gasteiger partial charge is 0.366 e. The predicted molar refractivity (Wildman–Crippen MR) is 112 cm³/mol. The zero-order valence-electron chi connectivity index (χ0n) is 16.6. The van der Waals surface area contributed by atoms with E-state index in [1.165, 1.54) is 6.07 Å². The zero-order valence-corrected chi connectivity index (χ0v) is 16.6. The Labute approximate surface area is 165 Å². The van der Waals surface area contributed by atoms with Crippen LogP contribution in [0.1, 0.15) is 39.2 Å². The van der Waals surface area contributed by atoms with Gasteiger partial charge in [0, 0.05) is 30.8 Å². The number of rotatable bonds is 4. The Morgan fingerprint density at radius 2 is 1.68 bits per heavy atom. The summed E-state index contributed by atoms with van der Waals surface area (Å²) in [5.41, 5.74) is 2.66. The number of benzene rings is 2. The lowest BCUT2D eigenvalue weighted by Gasteiger charge is -2.33. The molecule has 1 aliphatic heterocycles. The maximum absolute atomic E-state index is 12.8. The van der Waals surface area contributed by atoms with Crippen LogP contribution in [0.4, 0.5) is 17.1 Å². The molecule has 2 aromatic carbocycles. The number of anilines is 2. The maximum atomic E-state index is 12.8. The van der Waals surface area contributed by atoms with Crippen LogP contribution in [-0.2, 0) is 10.2 Å². The van der Waals surface area contributed by atoms with Gasteiger partial charge in [-0.25, -0.2) is 0 Å². The topological polar surface area (TPSA) is 75.5 Å². The predicted octanol–water partition coefficient (Wildman–Crippen LogP) is 4.75. The van der Waals surface area contributed by atoms with Gasteiger partial charge in [-0.3, -0.25) is 14.9 Å². The van der Waals surface area contributed by atoms with Crippen molar-refractivity contribution in [1.29, 1.82) is 0 Å². The van der Waals surface area contributed by atoms with Crippen molar-refractivity contribution in [2.24, 2.45) is 5.92 Å². The average Bonchev–Trinajstić information content (AvgIpc) is 2.67. The van der Waals surface area contributed by atoms with Crippen LogP contribution in [0.2, 0.25) is 0 Å². The Kier molecular flexibility index (Phi) is 5.68. The molecule has 1 fully saturated rings. The second-order valence-corrected chi connectivity index (χ2v) is 8.29. The van der Waals surface area contributed by atoms with Crippen molar-refractivity contribution in [2.75, 3.05) is 23.3 Å². The number of carbonyl (C=O) groups excluding carboxylic acids is 1. The van der Waals surface area contributed by atoms with Gasteiger partial charge in [-0.15, -0.1) is 0 Å². The second kappa shape index (κ2) is 8.00. The van der Waals surface area contributed by atoms with Crippen LogP contribution in [0.3, 0.4) is 0 Å². The van der Waals surface area contributed by atoms with Gasteiger partial charge in [-0.2, -0.15) is 0 Å². The fourth-order valence-electron chi connectivity index (χ4n) is 3.75. The number of nitro groups is 1. The van der Waals surface area contributed by atoms with Crippen LogP contribution >= 0.6 is 0 Å². The fourth-order valence-corrected chi connectivity index (χ4v) is 3.75. The first-order chi connectivity index (χ1) is 13.3. The zero-order chi connectivity index (χ0) is 20.3. The van der Waals surface area contributed by atoms with Gasteiger partial charge in [0.05, 0.1) is 4.92 Å². The van der Waals surface area contributed by atoms with Crippen molar-refractivity contribution in [1.82, 2.24) is 0 Å². The molecule has 0 aromatic heterocycles. The quantitative estimate of drug-likeness (QED) is 0.613. The molecule has 1 saturated heterocycles. The van der Waals surface area contributed by atoms with E-state index in [4.69, 9.17) is 0 Å². The Bertz CT molecular complexity index is 865. The minimum Gasteiger partial charge on any atom is -0.366 e. The monoisotopic (exact) mass is 381 g/mol. The van der Waals surface area contributed by atoms with Crippen molar-refractivity contribution in [3.05, 3.63) is 64.2 Å². The number of piperidine rings is 1. The van der Waals surface area contributed by atoms with E-state index in [-0.39, 0.29) is 27.9 Å². The summed E-state index contributed by atoms with van der Waals surface area (Å²) >= 11 is 0. The minimum atomic E-state index is -0.350. The van der Waals surface area contributed by atoms with Crippen LogP contribution in [-0.4, -0.2) is 23.9 Å². The SMILES string of the molecule is CC(C)(C)c1ccccc1NC(=O)C1CCN(c2ccccc2[N+](=O)[O-])CC1. The number of carbonyl (C=O) groups is 1. The highest BCUT2D eigenvalue weighted by molar-refractivity contribution is 5.93. The first kappa shape index (κ1) is 19.9. The summed E-state index contributed by atoms with van der Waals surface area (Å²) < 4.78 is 0. The van der Waals surface area contributed by atoms with E-state index in [0.29, 0.717) is 31.6 Å². The molecular weight excluding hydrogens is 354 g/mol. The van der Waals surface area contributed by atoms with E-state index in [2.05, 4.69) is 26.1 Å². The molecule has 0 unspecified atom stereocenters. The van der Waals surface area contributed by atoms with E-state index in [9.17, 15) is 14.9 Å². The van der Waals surface area contributed by atoms with Crippen LogP contribution in [0.15, 0.2) is 48.5 Å². The molecule has 0 spiro atoms. The number of para-hydroxylation sites is 3. The molecule has 1 aliphatic rings. The molecule has 0 radical (unpaired) electrons. The summed E-state index contributed by atoms with van der Waals surface area (Å²) in [5.74, 6) is -0.0639. The highest BCUT2D eigenvalue weighted by Crippen LogP contribution is 2.33. The Morgan fingerprint density at radius 3 is 2.32 bits per heavy atom. The maximum Gasteiger partial charge on any atom is 0.292 e. The van der Waals surface area contributed by atoms with Crippen molar-refractivity contribution in [2.45, 2.75) is 39.0 Å². The molecule has 148 valence electrons. The third-order valence-electron chi connectivity index (χ3n) is 5.28. The fraction of sp³-hybridized carbons (Fsp3) is 0.409. The summed E-state index contributed by atoms with van der Waals surface area (Å²) in [6.07, 6.45) is 1.35. The Hall–Kier alpha value is -2.89. The lowest BCUT2D eigenvalue weighted by Crippen LogP contribution is -2.38. The number of nitro benzene ring substituents is 1. The number of hydrogen-bond acceptors (Lipinski definition) is 4. The summed E-state index contributed by atoms with van der Waals surface area (Å²) in [6.45, 7) is 7.64. The molecule has 0 atom stereocenters. The smallest absolute Gasteiger partial charge is 0.292 e. The molecule has 1 amide bonds. The van der Waals surface area contributed by atoms with Gasteiger partial charge in [0.1, 0.15) is 5.69 Å². The van der Waals surface area contributed by atoms with Gasteiger partial charge >= 0.3 is 0 Å². The number of amides is 1. The first-order valence-electron chi connectivity index (χ1n) is 9.66. The first-order valence-corrected chi connectivity index (χ1v) is 9.66. The Morgan fingerprint density at radius 1 is 1.07 bits per heavy atom. The molecule has 1 heterocycles. The van der Waals surface area contributed by atoms with Crippen molar-refractivity contribution < 1.29 is 9.72 Å². The van der Waals surface area contributed by atoms with Gasteiger partial charge in [-0.1, -0.05) is 51.1 Å². The second-order valence-electron chi connectivity index (χ2n) is 8.29. The third-order valence-corrected chi connectivity index (χ3v) is 5.28. The van der Waals surface area contributed by atoms with Crippen molar-refractivity contribution >= 4 is 23.0 Å². The molecule has 1 N–H and O–H groups in total. The van der Waals surface area contributed by atoms with Crippen LogP contribution in [0, 0.1) is 16.0 Å². The van der Waals surface area contributed by atoms with E-state index in [0.717, 1.165) is 11.3 Å². The highest BCUT2D eigenvalue weighted by atomic mass is 16.6. The van der Waals surface area contributed by atoms with E-state index >= 15 is 0 Å². The van der Waals surface area contributed by atoms with Gasteiger partial charge in [-0.05, 0) is 36.0 Å². The average molecular weight is 381 g/mol. The summed E-state index contributed by atoms with van der Waals surface area (Å²) in [6, 6.07) is 14.7. The molecule has 28 heavy (non-hydrogen) atoms. The molecular formula is C22H27N3O3.